The molecule has 3 heterocycles. The van der Waals surface area contributed by atoms with Crippen molar-refractivity contribution in [2.24, 2.45) is 5.92 Å². The molecular weight excluding hydrogens is 469 g/mol. The van der Waals surface area contributed by atoms with Gasteiger partial charge < -0.3 is 9.47 Å². The molecule has 4 aliphatic rings. The first-order valence-electron chi connectivity index (χ1n) is 10.4. The number of hydrogen-bond donors (Lipinski definition) is 0. The maximum Gasteiger partial charge on any atom is 0.586 e. The van der Waals surface area contributed by atoms with Crippen LogP contribution in [0, 0.1) is 5.92 Å². The van der Waals surface area contributed by atoms with Crippen molar-refractivity contribution in [3.05, 3.63) is 39.0 Å². The zero-order valence-electron chi connectivity index (χ0n) is 17.3. The molecule has 14 heteroatoms. The van der Waals surface area contributed by atoms with Gasteiger partial charge in [0.2, 0.25) is 0 Å². The van der Waals surface area contributed by atoms with Gasteiger partial charge >= 0.3 is 18.2 Å². The monoisotopic (exact) mass is 485 g/mol. The van der Waals surface area contributed by atoms with Crippen molar-refractivity contribution in [1.29, 1.82) is 0 Å². The molecule has 0 aromatic heterocycles. The number of nitrogens with zero attached hydrogens (tertiary/aromatic N) is 5. The highest BCUT2D eigenvalue weighted by atomic mass is 19.4. The second kappa shape index (κ2) is 7.74. The Bertz CT molecular complexity index is 1350. The van der Waals surface area contributed by atoms with Crippen LogP contribution < -0.4 is 20.7 Å². The molecule has 0 bridgehead atoms. The van der Waals surface area contributed by atoms with Crippen molar-refractivity contribution in [3.8, 4) is 34.4 Å². The Morgan fingerprint density at radius 2 is 1.82 bits per heavy atom. The zero-order chi connectivity index (χ0) is 24.3. The average molecular weight is 485 g/mol. The third-order valence-corrected chi connectivity index (χ3v) is 5.40. The van der Waals surface area contributed by atoms with Crippen LogP contribution in [0.25, 0.3) is 22.9 Å². The van der Waals surface area contributed by atoms with Gasteiger partial charge in [0.15, 0.2) is 28.8 Å². The Morgan fingerprint density at radius 3 is 2.53 bits per heavy atom. The SMILES string of the molecule is O=c1nc2n(CCCC(F)(F)F)nc(-c3ccc4c(c3)OC(F)(F)O4)nc-2c(=O)n1CC1CC1. The molecule has 1 aromatic rings. The number of alkyl halides is 5. The van der Waals surface area contributed by atoms with E-state index in [0.717, 1.165) is 28.2 Å². The van der Waals surface area contributed by atoms with E-state index in [1.54, 1.807) is 0 Å². The van der Waals surface area contributed by atoms with Crippen molar-refractivity contribution in [3.63, 3.8) is 0 Å². The van der Waals surface area contributed by atoms with Crippen molar-refractivity contribution in [2.45, 2.75) is 51.2 Å². The molecule has 0 unspecified atom stereocenters. The topological polar surface area (TPSA) is 101 Å². The summed E-state index contributed by atoms with van der Waals surface area (Å²) in [6.07, 6.45) is -8.07. The van der Waals surface area contributed by atoms with Gasteiger partial charge in [-0.1, -0.05) is 0 Å². The number of hydrogen-bond acceptors (Lipinski definition) is 7. The van der Waals surface area contributed by atoms with Crippen LogP contribution in [0.15, 0.2) is 27.8 Å². The average Bonchev–Trinajstić information content (AvgIpc) is 3.50. The number of halogens is 5. The van der Waals surface area contributed by atoms with Gasteiger partial charge in [-0.2, -0.15) is 23.3 Å². The highest BCUT2D eigenvalue weighted by molar-refractivity contribution is 5.64. The van der Waals surface area contributed by atoms with E-state index in [1.165, 1.54) is 12.1 Å². The van der Waals surface area contributed by atoms with Crippen molar-refractivity contribution in [2.75, 3.05) is 0 Å². The quantitative estimate of drug-likeness (QED) is 0.495. The Morgan fingerprint density at radius 1 is 1.09 bits per heavy atom. The van der Waals surface area contributed by atoms with Gasteiger partial charge in [-0.05, 0) is 43.4 Å². The van der Waals surface area contributed by atoms with Crippen LogP contribution in [0.3, 0.4) is 0 Å². The summed E-state index contributed by atoms with van der Waals surface area (Å²) in [7, 11) is 0. The van der Waals surface area contributed by atoms with Crippen LogP contribution in [0.1, 0.15) is 25.7 Å². The maximum absolute atomic E-state index is 13.4. The van der Waals surface area contributed by atoms with Gasteiger partial charge in [-0.3, -0.25) is 9.36 Å². The molecule has 5 rings (SSSR count). The van der Waals surface area contributed by atoms with Crippen LogP contribution in [0.4, 0.5) is 22.0 Å². The van der Waals surface area contributed by atoms with Crippen LogP contribution in [-0.2, 0) is 13.1 Å². The fourth-order valence-corrected chi connectivity index (χ4v) is 3.60. The number of ether oxygens (including phenoxy) is 2. The standard InChI is InChI=1S/C20H16F5N5O4/c21-19(22,23)6-1-7-30-16-14(17(31)29(18(32)27-16)9-10-2-3-10)26-15(28-30)11-4-5-12-13(8-11)34-20(24,25)33-12/h4-5,8,10H,1-3,6-7,9H2. The predicted octanol–water partition coefficient (Wildman–Crippen LogP) is 3.04. The van der Waals surface area contributed by atoms with Gasteiger partial charge in [0.25, 0.3) is 5.56 Å². The van der Waals surface area contributed by atoms with Crippen LogP contribution in [0.2, 0.25) is 0 Å². The predicted molar refractivity (Wildman–Crippen MR) is 105 cm³/mol. The second-order valence-electron chi connectivity index (χ2n) is 8.13. The lowest BCUT2D eigenvalue weighted by atomic mass is 10.2. The van der Waals surface area contributed by atoms with E-state index in [-0.39, 0.29) is 53.4 Å². The smallest absolute Gasteiger partial charge is 0.395 e. The first-order valence-corrected chi connectivity index (χ1v) is 10.4. The molecule has 0 N–H and O–H groups in total. The van der Waals surface area contributed by atoms with E-state index in [1.807, 2.05) is 0 Å². The van der Waals surface area contributed by atoms with Gasteiger partial charge in [0, 0.05) is 25.1 Å². The van der Waals surface area contributed by atoms with Gasteiger partial charge in [0.05, 0.1) is 0 Å². The Hall–Kier alpha value is -3.58. The van der Waals surface area contributed by atoms with Crippen molar-refractivity contribution in [1.82, 2.24) is 24.3 Å². The summed E-state index contributed by atoms with van der Waals surface area (Å²) in [6.45, 7) is -0.153. The highest BCUT2D eigenvalue weighted by Crippen LogP contribution is 2.42. The lowest BCUT2D eigenvalue weighted by Gasteiger charge is -2.16. The largest absolute Gasteiger partial charge is 0.586 e. The molecule has 3 aliphatic heterocycles. The van der Waals surface area contributed by atoms with E-state index < -0.39 is 36.6 Å². The molecule has 34 heavy (non-hydrogen) atoms. The van der Waals surface area contributed by atoms with Gasteiger partial charge in [-0.25, -0.2) is 14.5 Å². The molecule has 0 saturated heterocycles. The molecule has 0 radical (unpaired) electrons. The first-order chi connectivity index (χ1) is 16.0. The zero-order valence-corrected chi connectivity index (χ0v) is 17.3. The number of benzene rings is 1. The summed E-state index contributed by atoms with van der Waals surface area (Å²) >= 11 is 0. The summed E-state index contributed by atoms with van der Waals surface area (Å²) in [6, 6.07) is 3.69. The maximum atomic E-state index is 13.4. The molecule has 180 valence electrons. The minimum absolute atomic E-state index is 0.142. The molecule has 0 amide bonds. The molecule has 1 fully saturated rings. The fraction of sp³-hybridized carbons (Fsp3) is 0.450. The molecule has 9 nitrogen and oxygen atoms in total. The first kappa shape index (κ1) is 22.2. The molecular formula is C20H16F5N5O4. The van der Waals surface area contributed by atoms with Gasteiger partial charge in [0.1, 0.15) is 0 Å². The fourth-order valence-electron chi connectivity index (χ4n) is 3.60. The van der Waals surface area contributed by atoms with Crippen LogP contribution >= 0.6 is 0 Å². The van der Waals surface area contributed by atoms with Crippen molar-refractivity contribution >= 4 is 0 Å². The Balaban J connectivity index is 1.61. The van der Waals surface area contributed by atoms with E-state index >= 15 is 0 Å². The molecule has 1 aromatic carbocycles. The summed E-state index contributed by atoms with van der Waals surface area (Å²) < 4.78 is 75.5. The van der Waals surface area contributed by atoms with E-state index in [0.29, 0.717) is 0 Å². The normalized spacial score (nSPS) is 16.9. The van der Waals surface area contributed by atoms with E-state index in [9.17, 15) is 31.5 Å². The minimum Gasteiger partial charge on any atom is -0.395 e. The number of rotatable bonds is 6. The number of aryl methyl sites for hydroxylation is 1. The summed E-state index contributed by atoms with van der Waals surface area (Å²) in [5.74, 6) is -0.747. The van der Waals surface area contributed by atoms with E-state index in [2.05, 4.69) is 24.5 Å². The van der Waals surface area contributed by atoms with Crippen molar-refractivity contribution < 1.29 is 31.4 Å². The third-order valence-electron chi connectivity index (χ3n) is 5.40. The second-order valence-corrected chi connectivity index (χ2v) is 8.13. The molecule has 1 aliphatic carbocycles. The van der Waals surface area contributed by atoms with Crippen LogP contribution in [0.5, 0.6) is 11.5 Å². The molecule has 1 saturated carbocycles. The minimum atomic E-state index is -4.41. The molecule has 0 spiro atoms. The highest BCUT2D eigenvalue weighted by Gasteiger charge is 2.43. The third kappa shape index (κ3) is 4.43. The molecule has 0 atom stereocenters. The lowest BCUT2D eigenvalue weighted by Crippen LogP contribution is -2.39. The van der Waals surface area contributed by atoms with E-state index in [4.69, 9.17) is 0 Å². The lowest BCUT2D eigenvalue weighted by molar-refractivity contribution is -0.286. The summed E-state index contributed by atoms with van der Waals surface area (Å²) in [5.41, 5.74) is -1.70. The summed E-state index contributed by atoms with van der Waals surface area (Å²) in [5, 5.41) is 4.14. The van der Waals surface area contributed by atoms with Crippen LogP contribution in [-0.4, -0.2) is 36.8 Å². The number of fused-ring (bicyclic) bond motifs is 2. The number of aromatic nitrogens is 5. The summed E-state index contributed by atoms with van der Waals surface area (Å²) in [4.78, 5) is 33.5. The Labute approximate surface area is 187 Å². The van der Waals surface area contributed by atoms with Gasteiger partial charge in [-0.15, -0.1) is 8.78 Å². The Kier molecular flexibility index (Phi) is 5.06.